The second-order valence-corrected chi connectivity index (χ2v) is 7.87. The third-order valence-electron chi connectivity index (χ3n) is 4.34. The van der Waals surface area contributed by atoms with Gasteiger partial charge in [0, 0.05) is 17.9 Å². The van der Waals surface area contributed by atoms with E-state index >= 15 is 0 Å². The monoisotopic (exact) mass is 337 g/mol. The number of thiazole rings is 1. The van der Waals surface area contributed by atoms with E-state index in [1.165, 1.54) is 4.70 Å². The van der Waals surface area contributed by atoms with Crippen LogP contribution in [0.3, 0.4) is 0 Å². The maximum atomic E-state index is 12.1. The number of rotatable bonds is 4. The van der Waals surface area contributed by atoms with Gasteiger partial charge in [-0.1, -0.05) is 12.1 Å². The number of anilines is 2. The molecule has 2 heterocycles. The lowest BCUT2D eigenvalue weighted by Gasteiger charge is -2.44. The third-order valence-corrected chi connectivity index (χ3v) is 5.37. The molecule has 0 radical (unpaired) electrons. The average Bonchev–Trinajstić information content (AvgIpc) is 3.01. The number of carbonyl (C=O) groups is 1. The molecule has 0 aliphatic carbocycles. The van der Waals surface area contributed by atoms with Crippen molar-refractivity contribution in [2.75, 3.05) is 16.8 Å². The molecule has 1 aliphatic heterocycles. The van der Waals surface area contributed by atoms with E-state index in [1.807, 2.05) is 61.2 Å². The molecule has 0 atom stereocenters. The summed E-state index contributed by atoms with van der Waals surface area (Å²) in [6, 6.07) is 16.2. The van der Waals surface area contributed by atoms with Crippen molar-refractivity contribution in [2.24, 2.45) is 5.41 Å². The van der Waals surface area contributed by atoms with Gasteiger partial charge in [0.15, 0.2) is 0 Å². The SMILES string of the molecule is CC1(C)CN(c2ccc(NCc3nc4ccccc4s3)cc2)C1=O. The summed E-state index contributed by atoms with van der Waals surface area (Å²) in [5.74, 6) is 0.192. The van der Waals surface area contributed by atoms with Gasteiger partial charge in [-0.25, -0.2) is 4.98 Å². The summed E-state index contributed by atoms with van der Waals surface area (Å²) in [4.78, 5) is 18.5. The Balaban J connectivity index is 1.41. The molecule has 1 fully saturated rings. The van der Waals surface area contributed by atoms with Crippen molar-refractivity contribution in [3.05, 3.63) is 53.5 Å². The summed E-state index contributed by atoms with van der Waals surface area (Å²) in [6.45, 7) is 5.46. The van der Waals surface area contributed by atoms with Crippen LogP contribution in [-0.2, 0) is 11.3 Å². The van der Waals surface area contributed by atoms with Gasteiger partial charge in [-0.3, -0.25) is 4.79 Å². The van der Waals surface area contributed by atoms with Crippen molar-refractivity contribution < 1.29 is 4.79 Å². The molecule has 122 valence electrons. The number of β-lactam (4-membered cyclic amide) rings is 1. The molecule has 1 aliphatic rings. The van der Waals surface area contributed by atoms with Crippen molar-refractivity contribution in [2.45, 2.75) is 20.4 Å². The van der Waals surface area contributed by atoms with Crippen LogP contribution in [0.1, 0.15) is 18.9 Å². The maximum absolute atomic E-state index is 12.1. The molecule has 3 aromatic rings. The first kappa shape index (κ1) is 15.1. The van der Waals surface area contributed by atoms with Gasteiger partial charge in [0.2, 0.25) is 5.91 Å². The maximum Gasteiger partial charge on any atom is 0.234 e. The number of fused-ring (bicyclic) bond motifs is 1. The zero-order valence-corrected chi connectivity index (χ0v) is 14.6. The van der Waals surface area contributed by atoms with Gasteiger partial charge in [-0.15, -0.1) is 11.3 Å². The Labute approximate surface area is 145 Å². The van der Waals surface area contributed by atoms with Gasteiger partial charge in [0.05, 0.1) is 22.2 Å². The van der Waals surface area contributed by atoms with Crippen LogP contribution in [0.25, 0.3) is 10.2 Å². The number of benzene rings is 2. The number of amides is 1. The van der Waals surface area contributed by atoms with Crippen LogP contribution >= 0.6 is 11.3 Å². The van der Waals surface area contributed by atoms with Gasteiger partial charge in [-0.05, 0) is 50.2 Å². The predicted octanol–water partition coefficient (Wildman–Crippen LogP) is 4.28. The molecule has 1 amide bonds. The Kier molecular flexibility index (Phi) is 3.53. The Hall–Kier alpha value is -2.40. The highest BCUT2D eigenvalue weighted by molar-refractivity contribution is 7.18. The van der Waals surface area contributed by atoms with Crippen LogP contribution in [0, 0.1) is 5.41 Å². The number of aromatic nitrogens is 1. The molecular formula is C19H19N3OS. The topological polar surface area (TPSA) is 45.2 Å². The van der Waals surface area contributed by atoms with Crippen molar-refractivity contribution in [3.63, 3.8) is 0 Å². The van der Waals surface area contributed by atoms with Crippen LogP contribution in [0.2, 0.25) is 0 Å². The Morgan fingerprint density at radius 1 is 1.17 bits per heavy atom. The molecule has 1 N–H and O–H groups in total. The predicted molar refractivity (Wildman–Crippen MR) is 99.5 cm³/mol. The summed E-state index contributed by atoms with van der Waals surface area (Å²) in [5, 5.41) is 4.47. The smallest absolute Gasteiger partial charge is 0.234 e. The van der Waals surface area contributed by atoms with E-state index in [4.69, 9.17) is 0 Å². The van der Waals surface area contributed by atoms with Gasteiger partial charge in [0.25, 0.3) is 0 Å². The van der Waals surface area contributed by atoms with Gasteiger partial charge < -0.3 is 10.2 Å². The standard InChI is InChI=1S/C19H19N3OS/c1-19(2)12-22(18(19)23)14-9-7-13(8-10-14)20-11-17-21-15-5-3-4-6-16(15)24-17/h3-10,20H,11-12H2,1-2H3. The molecule has 2 aromatic carbocycles. The van der Waals surface area contributed by atoms with Crippen molar-refractivity contribution in [1.29, 1.82) is 0 Å². The van der Waals surface area contributed by atoms with E-state index < -0.39 is 0 Å². The largest absolute Gasteiger partial charge is 0.379 e. The number of nitrogens with zero attached hydrogens (tertiary/aromatic N) is 2. The van der Waals surface area contributed by atoms with Gasteiger partial charge in [0.1, 0.15) is 5.01 Å². The van der Waals surface area contributed by atoms with Crippen LogP contribution < -0.4 is 10.2 Å². The summed E-state index contributed by atoms with van der Waals surface area (Å²) in [6.07, 6.45) is 0. The van der Waals surface area contributed by atoms with Crippen LogP contribution in [0.5, 0.6) is 0 Å². The van der Waals surface area contributed by atoms with E-state index in [0.29, 0.717) is 6.54 Å². The summed E-state index contributed by atoms with van der Waals surface area (Å²) < 4.78 is 1.21. The van der Waals surface area contributed by atoms with Crippen molar-refractivity contribution in [1.82, 2.24) is 4.98 Å². The first-order chi connectivity index (χ1) is 11.5. The van der Waals surface area contributed by atoms with Crippen molar-refractivity contribution in [3.8, 4) is 0 Å². The quantitative estimate of drug-likeness (QED) is 0.723. The number of carbonyl (C=O) groups excluding carboxylic acids is 1. The number of para-hydroxylation sites is 1. The zero-order valence-electron chi connectivity index (χ0n) is 13.7. The van der Waals surface area contributed by atoms with Gasteiger partial charge in [-0.2, -0.15) is 0 Å². The van der Waals surface area contributed by atoms with Crippen LogP contribution in [0.15, 0.2) is 48.5 Å². The molecule has 0 saturated carbocycles. The van der Waals surface area contributed by atoms with Crippen molar-refractivity contribution >= 4 is 38.8 Å². The third kappa shape index (κ3) is 2.65. The highest BCUT2D eigenvalue weighted by Gasteiger charge is 2.44. The Morgan fingerprint density at radius 2 is 1.92 bits per heavy atom. The Morgan fingerprint density at radius 3 is 2.58 bits per heavy atom. The molecule has 0 spiro atoms. The molecule has 24 heavy (non-hydrogen) atoms. The minimum Gasteiger partial charge on any atom is -0.379 e. The first-order valence-corrected chi connectivity index (χ1v) is 8.85. The number of hydrogen-bond donors (Lipinski definition) is 1. The highest BCUT2D eigenvalue weighted by atomic mass is 32.1. The van der Waals surface area contributed by atoms with E-state index in [9.17, 15) is 4.79 Å². The molecule has 5 heteroatoms. The summed E-state index contributed by atoms with van der Waals surface area (Å²) in [7, 11) is 0. The lowest BCUT2D eigenvalue weighted by atomic mass is 9.83. The molecule has 4 rings (SSSR count). The minimum atomic E-state index is -0.218. The summed E-state index contributed by atoms with van der Waals surface area (Å²) >= 11 is 1.71. The highest BCUT2D eigenvalue weighted by Crippen LogP contribution is 2.35. The average molecular weight is 337 g/mol. The Bertz CT molecular complexity index is 865. The fourth-order valence-corrected chi connectivity index (χ4v) is 3.86. The fourth-order valence-electron chi connectivity index (χ4n) is 2.95. The lowest BCUT2D eigenvalue weighted by Crippen LogP contribution is -2.58. The fraction of sp³-hybridized carbons (Fsp3) is 0.263. The van der Waals surface area contributed by atoms with Gasteiger partial charge >= 0.3 is 0 Å². The minimum absolute atomic E-state index is 0.192. The second-order valence-electron chi connectivity index (χ2n) is 6.75. The van der Waals surface area contributed by atoms with Crippen LogP contribution in [-0.4, -0.2) is 17.4 Å². The van der Waals surface area contributed by atoms with E-state index in [-0.39, 0.29) is 11.3 Å². The molecule has 1 aromatic heterocycles. The van der Waals surface area contributed by atoms with E-state index in [0.717, 1.165) is 28.4 Å². The number of hydrogen-bond acceptors (Lipinski definition) is 4. The summed E-state index contributed by atoms with van der Waals surface area (Å²) in [5.41, 5.74) is 2.83. The van der Waals surface area contributed by atoms with E-state index in [2.05, 4.69) is 16.4 Å². The zero-order chi connectivity index (χ0) is 16.7. The molecule has 4 nitrogen and oxygen atoms in total. The van der Waals surface area contributed by atoms with E-state index in [1.54, 1.807) is 11.3 Å². The lowest BCUT2D eigenvalue weighted by molar-refractivity contribution is -0.132. The normalized spacial score (nSPS) is 16.2. The molecular weight excluding hydrogens is 318 g/mol. The second kappa shape index (κ2) is 5.60. The number of nitrogens with one attached hydrogen (secondary N) is 1. The molecule has 0 bridgehead atoms. The van der Waals surface area contributed by atoms with Crippen LogP contribution in [0.4, 0.5) is 11.4 Å². The molecule has 1 saturated heterocycles. The molecule has 0 unspecified atom stereocenters. The first-order valence-electron chi connectivity index (χ1n) is 8.03.